The molecule has 3 aromatic heterocycles. The lowest BCUT2D eigenvalue weighted by molar-refractivity contribution is 0.379. The van der Waals surface area contributed by atoms with Crippen molar-refractivity contribution in [1.29, 1.82) is 0 Å². The molecule has 0 unspecified atom stereocenters. The van der Waals surface area contributed by atoms with E-state index in [1.807, 2.05) is 25.1 Å². The summed E-state index contributed by atoms with van der Waals surface area (Å²) >= 11 is 8.75. The minimum Gasteiger partial charge on any atom is -0.467 e. The van der Waals surface area contributed by atoms with E-state index in [1.54, 1.807) is 17.9 Å². The van der Waals surface area contributed by atoms with E-state index in [1.165, 1.54) is 34.8 Å². The monoisotopic (exact) mass is 431 g/mol. The molecule has 1 aromatic carbocycles. The number of aryl methyl sites for hydroxylation is 1. The first-order valence-corrected chi connectivity index (χ1v) is 10.4. The summed E-state index contributed by atoms with van der Waals surface area (Å²) in [6.45, 7) is 2.00. The Hall–Kier alpha value is -2.49. The highest BCUT2D eigenvalue weighted by Gasteiger charge is 2.16. The normalized spacial score (nSPS) is 11.1. The summed E-state index contributed by atoms with van der Waals surface area (Å²) in [6.07, 6.45) is 3.08. The fourth-order valence-corrected chi connectivity index (χ4v) is 4.57. The lowest BCUT2D eigenvalue weighted by atomic mass is 10.1. The van der Waals surface area contributed by atoms with Gasteiger partial charge in [-0.25, -0.2) is 19.9 Å². The first-order valence-electron chi connectivity index (χ1n) is 8.17. The lowest BCUT2D eigenvalue weighted by Crippen LogP contribution is -2.21. The maximum Gasteiger partial charge on any atom is 0.316 e. The Morgan fingerprint density at radius 2 is 2.04 bits per heavy atom. The first-order chi connectivity index (χ1) is 13.6. The molecule has 0 bridgehead atoms. The van der Waals surface area contributed by atoms with E-state index < -0.39 is 0 Å². The van der Waals surface area contributed by atoms with Crippen molar-refractivity contribution in [1.82, 2.24) is 24.5 Å². The Labute approximate surface area is 173 Å². The molecule has 0 atom stereocenters. The van der Waals surface area contributed by atoms with Gasteiger partial charge in [0.2, 0.25) is 0 Å². The zero-order valence-corrected chi connectivity index (χ0v) is 17.3. The topological polar surface area (TPSA) is 82.8 Å². The van der Waals surface area contributed by atoms with Gasteiger partial charge >= 0.3 is 6.01 Å². The van der Waals surface area contributed by atoms with Crippen LogP contribution in [0.2, 0.25) is 5.02 Å². The highest BCUT2D eigenvalue weighted by molar-refractivity contribution is 7.98. The summed E-state index contributed by atoms with van der Waals surface area (Å²) in [5.74, 6) is 0.627. The van der Waals surface area contributed by atoms with Crippen molar-refractivity contribution in [2.24, 2.45) is 0 Å². The zero-order valence-electron chi connectivity index (χ0n) is 14.9. The van der Waals surface area contributed by atoms with E-state index in [4.69, 9.17) is 16.3 Å². The number of methoxy groups -OCH3 is 1. The Kier molecular flexibility index (Phi) is 5.29. The summed E-state index contributed by atoms with van der Waals surface area (Å²) in [4.78, 5) is 30.1. The number of hydrogen-bond acceptors (Lipinski definition) is 8. The average Bonchev–Trinajstić information content (AvgIpc) is 3.17. The smallest absolute Gasteiger partial charge is 0.316 e. The third kappa shape index (κ3) is 3.60. The second-order valence-electron chi connectivity index (χ2n) is 5.83. The fourth-order valence-electron chi connectivity index (χ4n) is 2.61. The zero-order chi connectivity index (χ0) is 19.7. The van der Waals surface area contributed by atoms with E-state index in [2.05, 4.69) is 19.9 Å². The first kappa shape index (κ1) is 18.9. The summed E-state index contributed by atoms with van der Waals surface area (Å²) in [6, 6.07) is 5.98. The van der Waals surface area contributed by atoms with Crippen LogP contribution >= 0.6 is 34.7 Å². The van der Waals surface area contributed by atoms with Crippen LogP contribution < -0.4 is 10.3 Å². The van der Waals surface area contributed by atoms with Crippen LogP contribution in [0.15, 0.2) is 46.1 Å². The van der Waals surface area contributed by atoms with Crippen LogP contribution in [-0.4, -0.2) is 31.6 Å². The number of thioether (sulfide) groups is 1. The Morgan fingerprint density at radius 1 is 1.25 bits per heavy atom. The largest absolute Gasteiger partial charge is 0.467 e. The number of nitrogens with zero attached hydrogens (tertiary/aromatic N) is 5. The number of rotatable bonds is 5. The molecule has 0 fully saturated rings. The average molecular weight is 432 g/mol. The fraction of sp³-hybridized carbons (Fsp3) is 0.167. The van der Waals surface area contributed by atoms with Gasteiger partial charge < -0.3 is 4.74 Å². The van der Waals surface area contributed by atoms with Gasteiger partial charge in [-0.1, -0.05) is 29.4 Å². The Morgan fingerprint density at radius 3 is 2.75 bits per heavy atom. The minimum absolute atomic E-state index is 0.198. The summed E-state index contributed by atoms with van der Waals surface area (Å²) in [5.41, 5.74) is 4.57. The van der Waals surface area contributed by atoms with Gasteiger partial charge in [0.1, 0.15) is 4.70 Å². The molecule has 0 aliphatic rings. The highest BCUT2D eigenvalue weighted by atomic mass is 35.5. The third-order valence-corrected chi connectivity index (χ3v) is 6.08. The van der Waals surface area contributed by atoms with Crippen LogP contribution in [0.3, 0.4) is 0 Å². The molecule has 0 saturated heterocycles. The molecule has 0 aliphatic carbocycles. The van der Waals surface area contributed by atoms with Crippen molar-refractivity contribution < 1.29 is 4.74 Å². The second-order valence-corrected chi connectivity index (χ2v) is 8.06. The number of benzene rings is 1. The predicted molar refractivity (Wildman–Crippen MR) is 111 cm³/mol. The standard InChI is InChI=1S/C18H14ClN5O2S2/c1-10-5-12(19)4-3-11(10)8-27-18-23-15-14(28-9-22-15)16(25)24(18)13-6-20-17(26-2)21-7-13/h3-7,9H,8H2,1-2H3. The van der Waals surface area contributed by atoms with Gasteiger partial charge in [-0.3, -0.25) is 9.36 Å². The quantitative estimate of drug-likeness (QED) is 0.350. The van der Waals surface area contributed by atoms with Crippen molar-refractivity contribution in [2.45, 2.75) is 17.8 Å². The minimum atomic E-state index is -0.198. The summed E-state index contributed by atoms with van der Waals surface area (Å²) in [7, 11) is 1.49. The van der Waals surface area contributed by atoms with E-state index in [9.17, 15) is 4.79 Å². The SMILES string of the molecule is COc1ncc(-n2c(SCc3ccc(Cl)cc3C)nc3ncsc3c2=O)cn1. The molecule has 0 N–H and O–H groups in total. The number of thiazole rings is 1. The van der Waals surface area contributed by atoms with Gasteiger partial charge in [0, 0.05) is 10.8 Å². The van der Waals surface area contributed by atoms with Crippen molar-refractivity contribution in [3.63, 3.8) is 0 Å². The van der Waals surface area contributed by atoms with E-state index in [-0.39, 0.29) is 11.6 Å². The Balaban J connectivity index is 1.78. The van der Waals surface area contributed by atoms with Gasteiger partial charge in [-0.05, 0) is 30.2 Å². The van der Waals surface area contributed by atoms with Gasteiger partial charge in [0.15, 0.2) is 10.8 Å². The van der Waals surface area contributed by atoms with E-state index in [0.717, 1.165) is 11.1 Å². The summed E-state index contributed by atoms with van der Waals surface area (Å²) in [5, 5.41) is 1.21. The summed E-state index contributed by atoms with van der Waals surface area (Å²) < 4.78 is 7.00. The molecular formula is C18H14ClN5O2S2. The van der Waals surface area contributed by atoms with Crippen LogP contribution in [0.5, 0.6) is 6.01 Å². The number of halogens is 1. The maximum absolute atomic E-state index is 13.1. The second kappa shape index (κ2) is 7.86. The van der Waals surface area contributed by atoms with Gasteiger partial charge in [0.05, 0.1) is 30.7 Å². The van der Waals surface area contributed by atoms with Crippen LogP contribution in [0.4, 0.5) is 0 Å². The van der Waals surface area contributed by atoms with Gasteiger partial charge in [0.25, 0.3) is 5.56 Å². The number of ether oxygens (including phenoxy) is 1. The van der Waals surface area contributed by atoms with Crippen molar-refractivity contribution >= 4 is 45.0 Å². The number of aromatic nitrogens is 5. The van der Waals surface area contributed by atoms with Crippen molar-refractivity contribution in [3.05, 3.63) is 62.6 Å². The molecule has 10 heteroatoms. The van der Waals surface area contributed by atoms with E-state index >= 15 is 0 Å². The number of fused-ring (bicyclic) bond motifs is 1. The molecular weight excluding hydrogens is 418 g/mol. The van der Waals surface area contributed by atoms with Gasteiger partial charge in [-0.15, -0.1) is 11.3 Å². The molecule has 0 amide bonds. The molecule has 4 aromatic rings. The third-order valence-electron chi connectivity index (χ3n) is 4.06. The van der Waals surface area contributed by atoms with Crippen LogP contribution in [0, 0.1) is 6.92 Å². The molecule has 0 radical (unpaired) electrons. The lowest BCUT2D eigenvalue weighted by Gasteiger charge is -2.12. The van der Waals surface area contributed by atoms with Gasteiger partial charge in [-0.2, -0.15) is 0 Å². The van der Waals surface area contributed by atoms with Crippen LogP contribution in [-0.2, 0) is 5.75 Å². The molecule has 7 nitrogen and oxygen atoms in total. The highest BCUT2D eigenvalue weighted by Crippen LogP contribution is 2.27. The molecule has 3 heterocycles. The van der Waals surface area contributed by atoms with Crippen LogP contribution in [0.25, 0.3) is 16.0 Å². The number of hydrogen-bond donors (Lipinski definition) is 0. The van der Waals surface area contributed by atoms with Crippen molar-refractivity contribution in [2.75, 3.05) is 7.11 Å². The van der Waals surface area contributed by atoms with E-state index in [0.29, 0.717) is 32.0 Å². The predicted octanol–water partition coefficient (Wildman–Crippen LogP) is 3.89. The molecule has 142 valence electrons. The Bertz CT molecular complexity index is 1210. The molecule has 28 heavy (non-hydrogen) atoms. The molecule has 0 saturated carbocycles. The maximum atomic E-state index is 13.1. The molecule has 4 rings (SSSR count). The molecule has 0 aliphatic heterocycles. The van der Waals surface area contributed by atoms with Crippen LogP contribution in [0.1, 0.15) is 11.1 Å². The molecule has 0 spiro atoms. The van der Waals surface area contributed by atoms with Crippen molar-refractivity contribution in [3.8, 4) is 11.7 Å².